The number of fused-ring (bicyclic) bond motifs is 1. The molecule has 0 bridgehead atoms. The third-order valence-electron chi connectivity index (χ3n) is 7.45. The SMILES string of the molecule is CC(N)=O.Cc1c(CCC(=O)OC(C)(C)C)cc(O)c(O)c1C12CCCCC1C(C)N(C)CC2. The second-order valence-electron chi connectivity index (χ2n) is 11.1. The van der Waals surface area contributed by atoms with E-state index < -0.39 is 5.60 Å². The minimum absolute atomic E-state index is 0.0390. The lowest BCUT2D eigenvalue weighted by atomic mass is 9.56. The zero-order valence-corrected chi connectivity index (χ0v) is 22.0. The molecule has 0 spiro atoms. The molecule has 0 radical (unpaired) electrons. The lowest BCUT2D eigenvalue weighted by Gasteiger charge is -2.54. The number of phenolic OH excluding ortho intramolecular Hbond substituents is 2. The number of nitrogens with two attached hydrogens (primary N) is 1. The molecule has 1 amide bonds. The van der Waals surface area contributed by atoms with Crippen molar-refractivity contribution in [3.63, 3.8) is 0 Å². The zero-order chi connectivity index (χ0) is 25.8. The number of aromatic hydroxyl groups is 2. The summed E-state index contributed by atoms with van der Waals surface area (Å²) in [6, 6.07) is 2.07. The average Bonchev–Trinajstić information content (AvgIpc) is 2.71. The summed E-state index contributed by atoms with van der Waals surface area (Å²) in [4.78, 5) is 23.9. The van der Waals surface area contributed by atoms with Crippen LogP contribution in [0.5, 0.6) is 11.5 Å². The van der Waals surface area contributed by atoms with Crippen molar-refractivity contribution < 1.29 is 24.5 Å². The summed E-state index contributed by atoms with van der Waals surface area (Å²) in [6.45, 7) is 12.2. The van der Waals surface area contributed by atoms with Crippen LogP contribution in [0.15, 0.2) is 6.07 Å². The number of rotatable bonds is 4. The molecule has 4 N–H and O–H groups in total. The van der Waals surface area contributed by atoms with Crippen LogP contribution in [0.4, 0.5) is 0 Å². The first-order chi connectivity index (χ1) is 15.7. The molecule has 0 aromatic heterocycles. The maximum absolute atomic E-state index is 12.2. The Hall–Kier alpha value is -2.28. The van der Waals surface area contributed by atoms with E-state index in [2.05, 4.69) is 24.6 Å². The first-order valence-electron chi connectivity index (χ1n) is 12.4. The number of piperidine rings is 1. The molecule has 3 rings (SSSR count). The van der Waals surface area contributed by atoms with Crippen molar-refractivity contribution in [1.29, 1.82) is 0 Å². The van der Waals surface area contributed by atoms with E-state index in [1.165, 1.54) is 13.3 Å². The van der Waals surface area contributed by atoms with Gasteiger partial charge in [0, 0.05) is 30.4 Å². The Morgan fingerprint density at radius 1 is 1.24 bits per heavy atom. The molecule has 1 heterocycles. The van der Waals surface area contributed by atoms with E-state index in [0.717, 1.165) is 48.9 Å². The second kappa shape index (κ2) is 11.0. The molecule has 1 aromatic rings. The fraction of sp³-hybridized carbons (Fsp3) is 0.704. The van der Waals surface area contributed by atoms with Gasteiger partial charge in [-0.1, -0.05) is 12.8 Å². The van der Waals surface area contributed by atoms with Gasteiger partial charge in [0.25, 0.3) is 0 Å². The van der Waals surface area contributed by atoms with Crippen molar-refractivity contribution in [3.8, 4) is 11.5 Å². The van der Waals surface area contributed by atoms with Gasteiger partial charge in [-0.2, -0.15) is 0 Å². The molecular formula is C27H44N2O5. The molecule has 2 fully saturated rings. The second-order valence-corrected chi connectivity index (χ2v) is 11.1. The number of esters is 1. The smallest absolute Gasteiger partial charge is 0.306 e. The standard InChI is InChI=1S/C25H39NO4.C2H5NO/c1-16-18(10-11-21(28)30-24(3,4)5)15-20(27)23(29)22(16)25-12-8-7-9-19(25)17(2)26(6)14-13-25;1-2(3)4/h15,17,19,27,29H,7-14H2,1-6H3;1H3,(H2,3,4). The number of hydrogen-bond donors (Lipinski definition) is 3. The van der Waals surface area contributed by atoms with E-state index in [1.54, 1.807) is 6.07 Å². The highest BCUT2D eigenvalue weighted by atomic mass is 16.6. The van der Waals surface area contributed by atoms with Gasteiger partial charge in [-0.3, -0.25) is 9.59 Å². The summed E-state index contributed by atoms with van der Waals surface area (Å²) < 4.78 is 5.45. The van der Waals surface area contributed by atoms with Crippen LogP contribution in [0.3, 0.4) is 0 Å². The normalized spacial score (nSPS) is 25.0. The summed E-state index contributed by atoms with van der Waals surface area (Å²) in [7, 11) is 2.19. The van der Waals surface area contributed by atoms with Crippen molar-refractivity contribution in [2.45, 2.75) is 104 Å². The molecule has 7 nitrogen and oxygen atoms in total. The van der Waals surface area contributed by atoms with Crippen LogP contribution in [0.25, 0.3) is 0 Å². The Bertz CT molecular complexity index is 888. The molecule has 192 valence electrons. The Morgan fingerprint density at radius 2 is 1.85 bits per heavy atom. The molecule has 34 heavy (non-hydrogen) atoms. The lowest BCUT2D eigenvalue weighted by molar-refractivity contribution is -0.154. The number of phenols is 2. The molecule has 7 heteroatoms. The van der Waals surface area contributed by atoms with Gasteiger partial charge in [0.2, 0.25) is 5.91 Å². The van der Waals surface area contributed by atoms with Gasteiger partial charge < -0.3 is 25.6 Å². The topological polar surface area (TPSA) is 113 Å². The first kappa shape index (κ1) is 28.0. The maximum Gasteiger partial charge on any atom is 0.306 e. The monoisotopic (exact) mass is 476 g/mol. The zero-order valence-electron chi connectivity index (χ0n) is 22.0. The number of hydrogen-bond acceptors (Lipinski definition) is 6. The van der Waals surface area contributed by atoms with Gasteiger partial charge in [-0.15, -0.1) is 0 Å². The molecule has 1 saturated heterocycles. The van der Waals surface area contributed by atoms with Crippen molar-refractivity contribution in [3.05, 3.63) is 22.8 Å². The number of benzene rings is 1. The minimum Gasteiger partial charge on any atom is -0.504 e. The quantitative estimate of drug-likeness (QED) is 0.440. The van der Waals surface area contributed by atoms with Crippen LogP contribution in [0.1, 0.15) is 89.8 Å². The Kier molecular flexibility index (Phi) is 9.03. The number of ether oxygens (including phenoxy) is 1. The van der Waals surface area contributed by atoms with E-state index in [4.69, 9.17) is 4.74 Å². The molecular weight excluding hydrogens is 432 g/mol. The Labute approximate surface area is 204 Å². The highest BCUT2D eigenvalue weighted by Gasteiger charge is 2.50. The molecule has 3 unspecified atom stereocenters. The molecule has 1 aromatic carbocycles. The van der Waals surface area contributed by atoms with E-state index in [-0.39, 0.29) is 35.2 Å². The minimum atomic E-state index is -0.507. The highest BCUT2D eigenvalue weighted by molar-refractivity contribution is 5.71. The number of aryl methyl sites for hydroxylation is 1. The van der Waals surface area contributed by atoms with Gasteiger partial charge in [0.15, 0.2) is 11.5 Å². The highest BCUT2D eigenvalue weighted by Crippen LogP contribution is 2.55. The molecule has 1 aliphatic carbocycles. The number of amides is 1. The van der Waals surface area contributed by atoms with Crippen LogP contribution < -0.4 is 5.73 Å². The van der Waals surface area contributed by atoms with E-state index in [1.807, 2.05) is 27.7 Å². The average molecular weight is 477 g/mol. The van der Waals surface area contributed by atoms with Gasteiger partial charge in [-0.25, -0.2) is 0 Å². The number of primary amides is 1. The van der Waals surface area contributed by atoms with Gasteiger partial charge in [-0.05, 0) is 97.0 Å². The third-order valence-corrected chi connectivity index (χ3v) is 7.45. The fourth-order valence-corrected chi connectivity index (χ4v) is 5.91. The largest absolute Gasteiger partial charge is 0.504 e. The van der Waals surface area contributed by atoms with Gasteiger partial charge >= 0.3 is 5.97 Å². The fourth-order valence-electron chi connectivity index (χ4n) is 5.91. The van der Waals surface area contributed by atoms with Gasteiger partial charge in [0.05, 0.1) is 0 Å². The van der Waals surface area contributed by atoms with Crippen molar-refractivity contribution in [2.24, 2.45) is 11.7 Å². The molecule has 1 saturated carbocycles. The van der Waals surface area contributed by atoms with E-state index in [0.29, 0.717) is 18.4 Å². The van der Waals surface area contributed by atoms with Crippen molar-refractivity contribution >= 4 is 11.9 Å². The maximum atomic E-state index is 12.2. The molecule has 3 atom stereocenters. The summed E-state index contributed by atoms with van der Waals surface area (Å²) >= 11 is 0. The summed E-state index contributed by atoms with van der Waals surface area (Å²) in [5.41, 5.74) is 6.73. The van der Waals surface area contributed by atoms with Crippen LogP contribution in [-0.2, 0) is 26.2 Å². The predicted octanol–water partition coefficient (Wildman–Crippen LogP) is 4.32. The van der Waals surface area contributed by atoms with Gasteiger partial charge in [0.1, 0.15) is 5.60 Å². The number of carbonyl (C=O) groups excluding carboxylic acids is 2. The summed E-state index contributed by atoms with van der Waals surface area (Å²) in [5, 5.41) is 21.6. The summed E-state index contributed by atoms with van der Waals surface area (Å²) in [6.07, 6.45) is 6.30. The number of nitrogens with zero attached hydrogens (tertiary/aromatic N) is 1. The van der Waals surface area contributed by atoms with E-state index >= 15 is 0 Å². The first-order valence-corrected chi connectivity index (χ1v) is 12.4. The van der Waals surface area contributed by atoms with Crippen LogP contribution in [0.2, 0.25) is 0 Å². The van der Waals surface area contributed by atoms with Crippen LogP contribution >= 0.6 is 0 Å². The lowest BCUT2D eigenvalue weighted by Crippen LogP contribution is -2.55. The van der Waals surface area contributed by atoms with Crippen LogP contribution in [0, 0.1) is 12.8 Å². The summed E-state index contributed by atoms with van der Waals surface area (Å²) in [5.74, 6) is -0.148. The third kappa shape index (κ3) is 6.44. The molecule has 1 aliphatic heterocycles. The van der Waals surface area contributed by atoms with Crippen LogP contribution in [-0.4, -0.2) is 52.2 Å². The van der Waals surface area contributed by atoms with Crippen molar-refractivity contribution in [1.82, 2.24) is 4.90 Å². The Balaban J connectivity index is 0.000000945. The van der Waals surface area contributed by atoms with Crippen molar-refractivity contribution in [2.75, 3.05) is 13.6 Å². The predicted molar refractivity (Wildman–Crippen MR) is 134 cm³/mol. The number of carbonyl (C=O) groups is 2. The number of likely N-dealkylation sites (tertiary alicyclic amines) is 1. The Morgan fingerprint density at radius 3 is 2.44 bits per heavy atom. The molecule has 2 aliphatic rings. The van der Waals surface area contributed by atoms with E-state index in [9.17, 15) is 19.8 Å².